The minimum atomic E-state index is -0.401. The highest BCUT2D eigenvalue weighted by atomic mass is 32.1. The summed E-state index contributed by atoms with van der Waals surface area (Å²) >= 11 is 1.57. The lowest BCUT2D eigenvalue weighted by Crippen LogP contribution is -2.29. The Bertz CT molecular complexity index is 615. The number of ether oxygens (including phenoxy) is 1. The third-order valence-corrected chi connectivity index (χ3v) is 4.29. The van der Waals surface area contributed by atoms with Crippen LogP contribution in [-0.2, 0) is 9.53 Å². The maximum Gasteiger partial charge on any atom is 0.253 e. The van der Waals surface area contributed by atoms with E-state index in [1.807, 2.05) is 29.6 Å². The van der Waals surface area contributed by atoms with Crippen LogP contribution in [0, 0.1) is 0 Å². The van der Waals surface area contributed by atoms with Crippen molar-refractivity contribution in [1.82, 2.24) is 4.98 Å². The SMILES string of the molecule is NC[C@H]1CC[C@@H](C(=O)Nc2cccc(-c3nccs3)c2)O1. The van der Waals surface area contributed by atoms with Crippen LogP contribution in [-0.4, -0.2) is 29.6 Å². The maximum atomic E-state index is 12.2. The van der Waals surface area contributed by atoms with Crippen LogP contribution in [0.1, 0.15) is 12.8 Å². The van der Waals surface area contributed by atoms with Gasteiger partial charge in [-0.3, -0.25) is 4.79 Å². The molecule has 5 nitrogen and oxygen atoms in total. The van der Waals surface area contributed by atoms with Gasteiger partial charge in [-0.1, -0.05) is 12.1 Å². The van der Waals surface area contributed by atoms with Crippen LogP contribution in [0.5, 0.6) is 0 Å². The van der Waals surface area contributed by atoms with Crippen LogP contribution in [0.4, 0.5) is 5.69 Å². The lowest BCUT2D eigenvalue weighted by molar-refractivity contribution is -0.126. The van der Waals surface area contributed by atoms with E-state index in [-0.39, 0.29) is 12.0 Å². The van der Waals surface area contributed by atoms with Crippen LogP contribution in [0.2, 0.25) is 0 Å². The lowest BCUT2D eigenvalue weighted by Gasteiger charge is -2.13. The average Bonchev–Trinajstić information content (AvgIpc) is 3.19. The highest BCUT2D eigenvalue weighted by Gasteiger charge is 2.29. The number of hydrogen-bond acceptors (Lipinski definition) is 5. The molecule has 1 aromatic heterocycles. The molecule has 1 fully saturated rings. The predicted octanol–water partition coefficient (Wildman–Crippen LogP) is 2.25. The predicted molar refractivity (Wildman–Crippen MR) is 83.1 cm³/mol. The number of hydrogen-bond donors (Lipinski definition) is 2. The Hall–Kier alpha value is -1.76. The Morgan fingerprint density at radius 1 is 1.48 bits per heavy atom. The number of nitrogens with two attached hydrogens (primary N) is 1. The Labute approximate surface area is 127 Å². The molecule has 3 N–H and O–H groups in total. The number of rotatable bonds is 4. The zero-order valence-corrected chi connectivity index (χ0v) is 12.3. The molecule has 0 aliphatic carbocycles. The average molecular weight is 303 g/mol. The van der Waals surface area contributed by atoms with E-state index in [1.165, 1.54) is 0 Å². The van der Waals surface area contributed by atoms with Crippen LogP contribution in [0.3, 0.4) is 0 Å². The quantitative estimate of drug-likeness (QED) is 0.908. The molecule has 21 heavy (non-hydrogen) atoms. The zero-order chi connectivity index (χ0) is 14.7. The van der Waals surface area contributed by atoms with E-state index in [0.717, 1.165) is 29.1 Å². The van der Waals surface area contributed by atoms with E-state index in [2.05, 4.69) is 10.3 Å². The van der Waals surface area contributed by atoms with Crippen molar-refractivity contribution in [3.8, 4) is 10.6 Å². The van der Waals surface area contributed by atoms with Crippen molar-refractivity contribution in [3.05, 3.63) is 35.8 Å². The van der Waals surface area contributed by atoms with Gasteiger partial charge in [0.25, 0.3) is 5.91 Å². The number of benzene rings is 1. The minimum Gasteiger partial charge on any atom is -0.364 e. The monoisotopic (exact) mass is 303 g/mol. The Balaban J connectivity index is 1.68. The standard InChI is InChI=1S/C15H17N3O2S/c16-9-12-4-5-13(20-12)14(19)18-11-3-1-2-10(8-11)15-17-6-7-21-15/h1-3,6-8,12-13H,4-5,9,16H2,(H,18,19)/t12-,13+/m1/s1. The van der Waals surface area contributed by atoms with E-state index in [0.29, 0.717) is 6.54 Å². The molecule has 1 amide bonds. The third kappa shape index (κ3) is 3.29. The number of nitrogens with one attached hydrogen (secondary N) is 1. The molecule has 2 aromatic rings. The van der Waals surface area contributed by atoms with Gasteiger partial charge in [-0.2, -0.15) is 0 Å². The number of carbonyl (C=O) groups is 1. The fourth-order valence-corrected chi connectivity index (χ4v) is 3.03. The van der Waals surface area contributed by atoms with Gasteiger partial charge >= 0.3 is 0 Å². The summed E-state index contributed by atoms with van der Waals surface area (Å²) in [5, 5.41) is 5.77. The van der Waals surface area contributed by atoms with Crippen LogP contribution >= 0.6 is 11.3 Å². The largest absolute Gasteiger partial charge is 0.364 e. The molecule has 0 radical (unpaired) electrons. The second-order valence-corrected chi connectivity index (χ2v) is 5.86. The molecule has 6 heteroatoms. The van der Waals surface area contributed by atoms with Gasteiger partial charge in [0.2, 0.25) is 0 Å². The molecule has 110 valence electrons. The molecule has 3 rings (SSSR count). The molecule has 2 heterocycles. The summed E-state index contributed by atoms with van der Waals surface area (Å²) in [6.45, 7) is 0.462. The molecule has 0 bridgehead atoms. The van der Waals surface area contributed by atoms with Gasteiger partial charge in [-0.15, -0.1) is 11.3 Å². The van der Waals surface area contributed by atoms with Crippen LogP contribution < -0.4 is 11.1 Å². The number of aromatic nitrogens is 1. The van der Waals surface area contributed by atoms with Gasteiger partial charge in [0.15, 0.2) is 0 Å². The molecule has 0 unspecified atom stereocenters. The van der Waals surface area contributed by atoms with E-state index < -0.39 is 6.10 Å². The molecular weight excluding hydrogens is 286 g/mol. The smallest absolute Gasteiger partial charge is 0.253 e. The van der Waals surface area contributed by atoms with Crippen LogP contribution in [0.15, 0.2) is 35.8 Å². The summed E-state index contributed by atoms with van der Waals surface area (Å²) < 4.78 is 5.60. The summed E-state index contributed by atoms with van der Waals surface area (Å²) in [7, 11) is 0. The second kappa shape index (κ2) is 6.34. The summed E-state index contributed by atoms with van der Waals surface area (Å²) in [5.74, 6) is -0.109. The van der Waals surface area contributed by atoms with Crippen molar-refractivity contribution in [2.24, 2.45) is 5.73 Å². The number of thiazole rings is 1. The molecule has 1 aromatic carbocycles. The molecule has 1 aliphatic rings. The fourth-order valence-electron chi connectivity index (χ4n) is 2.39. The van der Waals surface area contributed by atoms with Gasteiger partial charge in [-0.05, 0) is 25.0 Å². The third-order valence-electron chi connectivity index (χ3n) is 3.47. The van der Waals surface area contributed by atoms with Crippen molar-refractivity contribution < 1.29 is 9.53 Å². The molecule has 0 spiro atoms. The Kier molecular flexibility index (Phi) is 4.28. The highest BCUT2D eigenvalue weighted by molar-refractivity contribution is 7.13. The Morgan fingerprint density at radius 2 is 2.38 bits per heavy atom. The van der Waals surface area contributed by atoms with Gasteiger partial charge in [-0.25, -0.2) is 4.98 Å². The Morgan fingerprint density at radius 3 is 3.10 bits per heavy atom. The highest BCUT2D eigenvalue weighted by Crippen LogP contribution is 2.25. The number of amides is 1. The molecule has 2 atom stereocenters. The molecule has 1 saturated heterocycles. The summed E-state index contributed by atoms with van der Waals surface area (Å²) in [4.78, 5) is 16.5. The summed E-state index contributed by atoms with van der Waals surface area (Å²) in [5.41, 5.74) is 7.31. The van der Waals surface area contributed by atoms with Crippen molar-refractivity contribution in [2.75, 3.05) is 11.9 Å². The molecular formula is C15H17N3O2S. The fraction of sp³-hybridized carbons (Fsp3) is 0.333. The van der Waals surface area contributed by atoms with E-state index in [4.69, 9.17) is 10.5 Å². The number of carbonyl (C=O) groups excluding carboxylic acids is 1. The molecule has 1 aliphatic heterocycles. The van der Waals surface area contributed by atoms with Crippen molar-refractivity contribution in [3.63, 3.8) is 0 Å². The summed E-state index contributed by atoms with van der Waals surface area (Å²) in [6, 6.07) is 7.67. The van der Waals surface area contributed by atoms with Crippen molar-refractivity contribution in [2.45, 2.75) is 25.0 Å². The maximum absolute atomic E-state index is 12.2. The van der Waals surface area contributed by atoms with Gasteiger partial charge < -0.3 is 15.8 Å². The first-order chi connectivity index (χ1) is 10.3. The first-order valence-corrected chi connectivity index (χ1v) is 7.80. The van der Waals surface area contributed by atoms with Gasteiger partial charge in [0.1, 0.15) is 11.1 Å². The van der Waals surface area contributed by atoms with Gasteiger partial charge in [0, 0.05) is 29.4 Å². The zero-order valence-electron chi connectivity index (χ0n) is 11.5. The number of nitrogens with zero attached hydrogens (tertiary/aromatic N) is 1. The van der Waals surface area contributed by atoms with Crippen molar-refractivity contribution >= 4 is 22.9 Å². The van der Waals surface area contributed by atoms with Crippen LogP contribution in [0.25, 0.3) is 10.6 Å². The first-order valence-electron chi connectivity index (χ1n) is 6.92. The second-order valence-electron chi connectivity index (χ2n) is 4.97. The normalized spacial score (nSPS) is 21.4. The van der Waals surface area contributed by atoms with E-state index in [9.17, 15) is 4.79 Å². The molecule has 0 saturated carbocycles. The first kappa shape index (κ1) is 14.2. The topological polar surface area (TPSA) is 77.2 Å². The summed E-state index contributed by atoms with van der Waals surface area (Å²) in [6.07, 6.45) is 2.93. The lowest BCUT2D eigenvalue weighted by atomic mass is 10.1. The van der Waals surface area contributed by atoms with E-state index >= 15 is 0 Å². The van der Waals surface area contributed by atoms with Crippen molar-refractivity contribution in [1.29, 1.82) is 0 Å². The number of anilines is 1. The van der Waals surface area contributed by atoms with Gasteiger partial charge in [0.05, 0.1) is 6.10 Å². The minimum absolute atomic E-state index is 0.00223. The van der Waals surface area contributed by atoms with E-state index in [1.54, 1.807) is 17.5 Å².